The van der Waals surface area contributed by atoms with Gasteiger partial charge in [-0.2, -0.15) is 0 Å². The van der Waals surface area contributed by atoms with E-state index in [0.29, 0.717) is 33.3 Å². The second kappa shape index (κ2) is 10.5. The lowest BCUT2D eigenvalue weighted by atomic mass is 10.0. The molecule has 1 saturated heterocycles. The average molecular weight is 524 g/mol. The van der Waals surface area contributed by atoms with Crippen LogP contribution in [0.4, 0.5) is 11.4 Å². The molecule has 4 rings (SSSR count). The number of nitrogens with one attached hydrogen (secondary N) is 1. The third-order valence-electron chi connectivity index (χ3n) is 5.24. The smallest absolute Gasteiger partial charge is 0.270 e. The van der Waals surface area contributed by atoms with Crippen LogP contribution in [0.15, 0.2) is 72.3 Å². The molecule has 1 heterocycles. The van der Waals surface area contributed by atoms with Gasteiger partial charge in [0.25, 0.3) is 17.5 Å². The molecule has 1 aliphatic heterocycles. The van der Waals surface area contributed by atoms with E-state index in [0.717, 1.165) is 0 Å². The molecule has 182 valence electrons. The summed E-state index contributed by atoms with van der Waals surface area (Å²) in [6.45, 7) is 0.0825. The maximum absolute atomic E-state index is 13.2. The zero-order valence-corrected chi connectivity index (χ0v) is 20.3. The maximum Gasteiger partial charge on any atom is 0.270 e. The van der Waals surface area contributed by atoms with Crippen molar-refractivity contribution in [2.45, 2.75) is 6.61 Å². The molecular weight excluding hydrogens is 506 g/mol. The minimum atomic E-state index is -0.616. The molecule has 9 nitrogen and oxygen atoms in total. The fraction of sp³-hybridized carbons (Fsp3) is 0.0800. The van der Waals surface area contributed by atoms with Gasteiger partial charge in [-0.05, 0) is 72.4 Å². The van der Waals surface area contributed by atoms with Gasteiger partial charge in [-0.15, -0.1) is 0 Å². The highest BCUT2D eigenvalue weighted by molar-refractivity contribution is 7.80. The molecular formula is C25H18ClN3O6S. The molecule has 0 bridgehead atoms. The Morgan fingerprint density at radius 1 is 1.08 bits per heavy atom. The van der Waals surface area contributed by atoms with Gasteiger partial charge in [0, 0.05) is 22.7 Å². The number of non-ortho nitro benzene ring substituents is 1. The topological polar surface area (TPSA) is 111 Å². The lowest BCUT2D eigenvalue weighted by Crippen LogP contribution is -2.54. The van der Waals surface area contributed by atoms with Gasteiger partial charge in [-0.3, -0.25) is 29.9 Å². The van der Waals surface area contributed by atoms with Gasteiger partial charge < -0.3 is 9.47 Å². The van der Waals surface area contributed by atoms with Crippen molar-refractivity contribution in [3.05, 3.63) is 98.6 Å². The number of carbonyl (C=O) groups is 2. The van der Waals surface area contributed by atoms with Gasteiger partial charge in [0.2, 0.25) is 0 Å². The third kappa shape index (κ3) is 5.35. The number of nitrogens with zero attached hydrogens (tertiary/aromatic N) is 2. The zero-order valence-electron chi connectivity index (χ0n) is 18.8. The summed E-state index contributed by atoms with van der Waals surface area (Å²) < 4.78 is 11.1. The van der Waals surface area contributed by atoms with Crippen LogP contribution in [0.2, 0.25) is 5.02 Å². The predicted octanol–water partition coefficient (Wildman–Crippen LogP) is 4.67. The number of hydrogen-bond acceptors (Lipinski definition) is 7. The van der Waals surface area contributed by atoms with E-state index in [9.17, 15) is 19.7 Å². The van der Waals surface area contributed by atoms with Crippen LogP contribution in [-0.2, 0) is 16.2 Å². The van der Waals surface area contributed by atoms with E-state index in [-0.39, 0.29) is 23.0 Å². The second-order valence-electron chi connectivity index (χ2n) is 7.55. The van der Waals surface area contributed by atoms with Crippen LogP contribution in [0.25, 0.3) is 6.08 Å². The SMILES string of the molecule is COc1ccc(C=C2C(=O)NC(=S)N(c3ccc(Cl)cc3)C2=O)cc1COc1ccc([N+](=O)[O-])cc1. The summed E-state index contributed by atoms with van der Waals surface area (Å²) in [6, 6.07) is 17.3. The molecule has 3 aromatic carbocycles. The molecule has 0 atom stereocenters. The summed E-state index contributed by atoms with van der Waals surface area (Å²) in [5.74, 6) is -0.233. The number of nitro benzene ring substituents is 1. The van der Waals surface area contributed by atoms with Gasteiger partial charge in [0.1, 0.15) is 23.7 Å². The van der Waals surface area contributed by atoms with E-state index in [2.05, 4.69) is 5.32 Å². The number of benzene rings is 3. The molecule has 0 aromatic heterocycles. The van der Waals surface area contributed by atoms with Gasteiger partial charge in [0.15, 0.2) is 5.11 Å². The Labute approximate surface area is 216 Å². The number of rotatable bonds is 7. The molecule has 11 heteroatoms. The fourth-order valence-corrected chi connectivity index (χ4v) is 3.88. The van der Waals surface area contributed by atoms with Crippen molar-refractivity contribution in [3.8, 4) is 11.5 Å². The average Bonchev–Trinajstić information content (AvgIpc) is 2.86. The fourth-order valence-electron chi connectivity index (χ4n) is 3.48. The summed E-state index contributed by atoms with van der Waals surface area (Å²) in [5.41, 5.74) is 1.51. The third-order valence-corrected chi connectivity index (χ3v) is 5.78. The number of methoxy groups -OCH3 is 1. The summed E-state index contributed by atoms with van der Waals surface area (Å²) in [5, 5.41) is 13.8. The number of amides is 2. The second-order valence-corrected chi connectivity index (χ2v) is 8.37. The number of halogens is 1. The van der Waals surface area contributed by atoms with Crippen LogP contribution < -0.4 is 19.7 Å². The van der Waals surface area contributed by atoms with Crippen molar-refractivity contribution in [2.75, 3.05) is 12.0 Å². The first kappa shape index (κ1) is 24.8. The monoisotopic (exact) mass is 523 g/mol. The molecule has 0 unspecified atom stereocenters. The summed E-state index contributed by atoms with van der Waals surface area (Å²) >= 11 is 11.2. The minimum Gasteiger partial charge on any atom is -0.496 e. The summed E-state index contributed by atoms with van der Waals surface area (Å²) in [4.78, 5) is 37.4. The number of nitro groups is 1. The van der Waals surface area contributed by atoms with Crippen LogP contribution in [0.3, 0.4) is 0 Å². The normalized spacial score (nSPS) is 14.6. The lowest BCUT2D eigenvalue weighted by molar-refractivity contribution is -0.384. The van der Waals surface area contributed by atoms with Crippen LogP contribution in [0.1, 0.15) is 11.1 Å². The lowest BCUT2D eigenvalue weighted by Gasteiger charge is -2.29. The van der Waals surface area contributed by atoms with E-state index in [1.165, 1.54) is 42.4 Å². The highest BCUT2D eigenvalue weighted by Crippen LogP contribution is 2.27. The molecule has 0 radical (unpaired) electrons. The standard InChI is InChI=1S/C25H18ClN3O6S/c1-34-22-11-2-15(12-16(22)14-35-20-9-7-19(8-10-20)29(32)33)13-21-23(30)27-25(36)28(24(21)31)18-5-3-17(26)4-6-18/h2-13H,14H2,1H3,(H,27,30,36). The number of anilines is 1. The van der Waals surface area contributed by atoms with Crippen LogP contribution >= 0.6 is 23.8 Å². The Balaban J connectivity index is 1.60. The first-order valence-electron chi connectivity index (χ1n) is 10.5. The number of hydrogen-bond donors (Lipinski definition) is 1. The van der Waals surface area contributed by atoms with Crippen LogP contribution in [0.5, 0.6) is 11.5 Å². The number of ether oxygens (including phenoxy) is 2. The minimum absolute atomic E-state index is 0.0311. The molecule has 1 N–H and O–H groups in total. The Hall–Kier alpha value is -4.28. The van der Waals surface area contributed by atoms with Crippen molar-refractivity contribution in [3.63, 3.8) is 0 Å². The predicted molar refractivity (Wildman–Crippen MR) is 138 cm³/mol. The molecule has 0 spiro atoms. The van der Waals surface area contributed by atoms with Crippen molar-refractivity contribution >= 4 is 58.2 Å². The Bertz CT molecular complexity index is 1390. The van der Waals surface area contributed by atoms with Crippen molar-refractivity contribution in [2.24, 2.45) is 0 Å². The highest BCUT2D eigenvalue weighted by Gasteiger charge is 2.34. The van der Waals surface area contributed by atoms with Crippen LogP contribution in [0, 0.1) is 10.1 Å². The summed E-state index contributed by atoms with van der Waals surface area (Å²) in [7, 11) is 1.51. The zero-order chi connectivity index (χ0) is 25.8. The van der Waals surface area contributed by atoms with Crippen molar-refractivity contribution in [1.29, 1.82) is 0 Å². The first-order valence-corrected chi connectivity index (χ1v) is 11.3. The highest BCUT2D eigenvalue weighted by atomic mass is 35.5. The largest absolute Gasteiger partial charge is 0.496 e. The van der Waals surface area contributed by atoms with Gasteiger partial charge in [0.05, 0.1) is 17.7 Å². The number of carbonyl (C=O) groups excluding carboxylic acids is 2. The molecule has 2 amide bonds. The molecule has 0 saturated carbocycles. The van der Waals surface area contributed by atoms with E-state index in [1.807, 2.05) is 0 Å². The first-order chi connectivity index (χ1) is 17.3. The molecule has 0 aliphatic carbocycles. The van der Waals surface area contributed by atoms with Gasteiger partial charge in [-0.25, -0.2) is 0 Å². The van der Waals surface area contributed by atoms with Crippen molar-refractivity contribution in [1.82, 2.24) is 5.32 Å². The molecule has 1 fully saturated rings. The Kier molecular flexibility index (Phi) is 7.28. The quantitative estimate of drug-likeness (QED) is 0.157. The van der Waals surface area contributed by atoms with Gasteiger partial charge >= 0.3 is 0 Å². The molecule has 1 aliphatic rings. The van der Waals surface area contributed by atoms with E-state index in [1.54, 1.807) is 42.5 Å². The summed E-state index contributed by atoms with van der Waals surface area (Å²) in [6.07, 6.45) is 1.46. The maximum atomic E-state index is 13.2. The van der Waals surface area contributed by atoms with E-state index in [4.69, 9.17) is 33.3 Å². The Morgan fingerprint density at radius 2 is 1.78 bits per heavy atom. The van der Waals surface area contributed by atoms with Crippen LogP contribution in [-0.4, -0.2) is 29.0 Å². The Morgan fingerprint density at radius 3 is 2.42 bits per heavy atom. The van der Waals surface area contributed by atoms with Crippen molar-refractivity contribution < 1.29 is 24.0 Å². The van der Waals surface area contributed by atoms with Gasteiger partial charge in [-0.1, -0.05) is 17.7 Å². The number of thiocarbonyl (C=S) groups is 1. The molecule has 36 heavy (non-hydrogen) atoms. The van der Waals surface area contributed by atoms with E-state index < -0.39 is 16.7 Å². The van der Waals surface area contributed by atoms with E-state index >= 15 is 0 Å². The molecule has 3 aromatic rings.